The Labute approximate surface area is 125 Å². The molecule has 0 bridgehead atoms. The molecule has 1 aliphatic heterocycles. The van der Waals surface area contributed by atoms with Crippen LogP contribution >= 0.6 is 27.5 Å². The lowest BCUT2D eigenvalue weighted by molar-refractivity contribution is 0.161. The van der Waals surface area contributed by atoms with E-state index in [1.807, 2.05) is 42.5 Å². The molecule has 0 aliphatic carbocycles. The predicted molar refractivity (Wildman–Crippen MR) is 80.5 cm³/mol. The van der Waals surface area contributed by atoms with Crippen molar-refractivity contribution in [3.8, 4) is 5.75 Å². The van der Waals surface area contributed by atoms with Crippen molar-refractivity contribution >= 4 is 27.5 Å². The summed E-state index contributed by atoms with van der Waals surface area (Å²) in [6.45, 7) is 0. The first kappa shape index (κ1) is 13.0. The molecule has 0 radical (unpaired) electrons. The molecule has 2 atom stereocenters. The van der Waals surface area contributed by atoms with Gasteiger partial charge in [0.1, 0.15) is 11.9 Å². The molecule has 0 aromatic heterocycles. The molecule has 2 unspecified atom stereocenters. The lowest BCUT2D eigenvalue weighted by Crippen LogP contribution is -2.24. The van der Waals surface area contributed by atoms with Gasteiger partial charge >= 0.3 is 0 Å². The molecule has 19 heavy (non-hydrogen) atoms. The molecule has 2 N–H and O–H groups in total. The van der Waals surface area contributed by atoms with E-state index in [0.717, 1.165) is 32.8 Å². The SMILES string of the molecule is NC1CC(c2ccc(Cl)cc2)Oc2cc(Br)ccc21. The van der Waals surface area contributed by atoms with Crippen molar-refractivity contribution in [1.29, 1.82) is 0 Å². The van der Waals surface area contributed by atoms with E-state index in [1.54, 1.807) is 0 Å². The lowest BCUT2D eigenvalue weighted by atomic mass is 9.94. The maximum atomic E-state index is 6.23. The summed E-state index contributed by atoms with van der Waals surface area (Å²) >= 11 is 9.37. The highest BCUT2D eigenvalue weighted by atomic mass is 79.9. The standard InChI is InChI=1S/C15H13BrClNO/c16-10-3-6-12-13(18)8-14(19-15(12)7-10)9-1-4-11(17)5-2-9/h1-7,13-14H,8,18H2. The van der Waals surface area contributed by atoms with Gasteiger partial charge in [-0.05, 0) is 29.8 Å². The van der Waals surface area contributed by atoms with Crippen molar-refractivity contribution in [2.75, 3.05) is 0 Å². The summed E-state index contributed by atoms with van der Waals surface area (Å²) in [6.07, 6.45) is 0.755. The Hall–Kier alpha value is -1.03. The van der Waals surface area contributed by atoms with E-state index in [-0.39, 0.29) is 12.1 Å². The van der Waals surface area contributed by atoms with Gasteiger partial charge in [-0.3, -0.25) is 0 Å². The number of halogens is 2. The highest BCUT2D eigenvalue weighted by molar-refractivity contribution is 9.10. The maximum absolute atomic E-state index is 6.23. The van der Waals surface area contributed by atoms with Gasteiger partial charge in [0.15, 0.2) is 0 Å². The van der Waals surface area contributed by atoms with Gasteiger partial charge < -0.3 is 10.5 Å². The zero-order valence-corrected chi connectivity index (χ0v) is 12.5. The molecule has 98 valence electrons. The Kier molecular flexibility index (Phi) is 3.52. The molecule has 2 aromatic carbocycles. The topological polar surface area (TPSA) is 35.2 Å². The van der Waals surface area contributed by atoms with Gasteiger partial charge in [-0.15, -0.1) is 0 Å². The first-order chi connectivity index (χ1) is 9.13. The summed E-state index contributed by atoms with van der Waals surface area (Å²) in [5.74, 6) is 0.855. The van der Waals surface area contributed by atoms with Crippen LogP contribution in [0.3, 0.4) is 0 Å². The van der Waals surface area contributed by atoms with E-state index in [1.165, 1.54) is 0 Å². The third kappa shape index (κ3) is 2.64. The summed E-state index contributed by atoms with van der Waals surface area (Å²) in [5, 5.41) is 0.729. The average Bonchev–Trinajstić information content (AvgIpc) is 2.38. The highest BCUT2D eigenvalue weighted by Gasteiger charge is 2.27. The van der Waals surface area contributed by atoms with Crippen molar-refractivity contribution in [2.24, 2.45) is 5.73 Å². The summed E-state index contributed by atoms with van der Waals surface area (Å²) in [7, 11) is 0. The van der Waals surface area contributed by atoms with E-state index in [4.69, 9.17) is 22.1 Å². The van der Waals surface area contributed by atoms with Crippen LogP contribution < -0.4 is 10.5 Å². The molecule has 3 rings (SSSR count). The fourth-order valence-electron chi connectivity index (χ4n) is 2.36. The smallest absolute Gasteiger partial charge is 0.126 e. The van der Waals surface area contributed by atoms with Crippen LogP contribution in [0.5, 0.6) is 5.75 Å². The number of rotatable bonds is 1. The number of benzene rings is 2. The first-order valence-corrected chi connectivity index (χ1v) is 7.28. The Bertz CT molecular complexity index is 600. The Morgan fingerprint density at radius 2 is 1.89 bits per heavy atom. The molecule has 0 spiro atoms. The average molecular weight is 339 g/mol. The van der Waals surface area contributed by atoms with Crippen LogP contribution in [0.1, 0.15) is 29.7 Å². The van der Waals surface area contributed by atoms with Gasteiger partial charge in [-0.2, -0.15) is 0 Å². The number of nitrogens with two attached hydrogens (primary N) is 1. The second-order valence-electron chi connectivity index (χ2n) is 4.68. The van der Waals surface area contributed by atoms with E-state index in [9.17, 15) is 0 Å². The Morgan fingerprint density at radius 3 is 2.63 bits per heavy atom. The number of hydrogen-bond donors (Lipinski definition) is 1. The third-order valence-electron chi connectivity index (χ3n) is 3.35. The molecule has 0 saturated carbocycles. The molecule has 1 aliphatic rings. The molecule has 2 aromatic rings. The summed E-state index contributed by atoms with van der Waals surface area (Å²) < 4.78 is 7.05. The number of ether oxygens (including phenoxy) is 1. The zero-order chi connectivity index (χ0) is 13.4. The predicted octanol–water partition coefficient (Wildman–Crippen LogP) is 4.63. The lowest BCUT2D eigenvalue weighted by Gasteiger charge is -2.30. The van der Waals surface area contributed by atoms with Gasteiger partial charge in [0.05, 0.1) is 0 Å². The molecule has 0 saturated heterocycles. The van der Waals surface area contributed by atoms with Crippen LogP contribution in [-0.4, -0.2) is 0 Å². The number of hydrogen-bond acceptors (Lipinski definition) is 2. The van der Waals surface area contributed by atoms with Crippen molar-refractivity contribution in [3.05, 3.63) is 63.1 Å². The minimum absolute atomic E-state index is 0.00229. The van der Waals surface area contributed by atoms with Crippen molar-refractivity contribution in [2.45, 2.75) is 18.6 Å². The molecule has 4 heteroatoms. The normalized spacial score (nSPS) is 21.6. The van der Waals surface area contributed by atoms with Crippen molar-refractivity contribution in [1.82, 2.24) is 0 Å². The molecule has 0 amide bonds. The van der Waals surface area contributed by atoms with Crippen LogP contribution in [0, 0.1) is 0 Å². The van der Waals surface area contributed by atoms with E-state index in [2.05, 4.69) is 15.9 Å². The van der Waals surface area contributed by atoms with E-state index in [0.29, 0.717) is 0 Å². The molecule has 1 heterocycles. The second kappa shape index (κ2) is 5.16. The summed E-state index contributed by atoms with van der Waals surface area (Å²) in [4.78, 5) is 0. The minimum atomic E-state index is -0.0194. The minimum Gasteiger partial charge on any atom is -0.485 e. The van der Waals surface area contributed by atoms with E-state index < -0.39 is 0 Å². The van der Waals surface area contributed by atoms with Gasteiger partial charge in [-0.1, -0.05) is 45.7 Å². The van der Waals surface area contributed by atoms with Gasteiger partial charge in [0.2, 0.25) is 0 Å². The summed E-state index contributed by atoms with van der Waals surface area (Å²) in [5.41, 5.74) is 8.40. The molecule has 0 fully saturated rings. The molecular weight excluding hydrogens is 326 g/mol. The number of fused-ring (bicyclic) bond motifs is 1. The van der Waals surface area contributed by atoms with Gasteiger partial charge in [0, 0.05) is 27.5 Å². The van der Waals surface area contributed by atoms with E-state index >= 15 is 0 Å². The molecule has 2 nitrogen and oxygen atoms in total. The summed E-state index contributed by atoms with van der Waals surface area (Å²) in [6, 6.07) is 13.7. The Morgan fingerprint density at radius 1 is 1.16 bits per heavy atom. The second-order valence-corrected chi connectivity index (χ2v) is 6.03. The molecular formula is C15H13BrClNO. The van der Waals surface area contributed by atoms with Crippen LogP contribution in [-0.2, 0) is 0 Å². The largest absolute Gasteiger partial charge is 0.485 e. The fourth-order valence-corrected chi connectivity index (χ4v) is 2.82. The Balaban J connectivity index is 1.93. The van der Waals surface area contributed by atoms with Crippen LogP contribution in [0.2, 0.25) is 5.02 Å². The fraction of sp³-hybridized carbons (Fsp3) is 0.200. The van der Waals surface area contributed by atoms with Crippen LogP contribution in [0.25, 0.3) is 0 Å². The zero-order valence-electron chi connectivity index (χ0n) is 10.1. The quantitative estimate of drug-likeness (QED) is 0.823. The van der Waals surface area contributed by atoms with Crippen molar-refractivity contribution in [3.63, 3.8) is 0 Å². The first-order valence-electron chi connectivity index (χ1n) is 6.10. The maximum Gasteiger partial charge on any atom is 0.126 e. The van der Waals surface area contributed by atoms with Crippen LogP contribution in [0.4, 0.5) is 0 Å². The highest BCUT2D eigenvalue weighted by Crippen LogP contribution is 2.40. The monoisotopic (exact) mass is 337 g/mol. The van der Waals surface area contributed by atoms with Gasteiger partial charge in [0.25, 0.3) is 0 Å². The third-order valence-corrected chi connectivity index (χ3v) is 4.10. The van der Waals surface area contributed by atoms with Crippen LogP contribution in [0.15, 0.2) is 46.9 Å². The van der Waals surface area contributed by atoms with Gasteiger partial charge in [-0.25, -0.2) is 0 Å². The van der Waals surface area contributed by atoms with Crippen molar-refractivity contribution < 1.29 is 4.74 Å².